The molecule has 2 atom stereocenters. The molecule has 2 saturated heterocycles. The van der Waals surface area contributed by atoms with E-state index in [0.717, 1.165) is 51.4 Å². The second-order valence-electron chi connectivity index (χ2n) is 6.52. The average molecular weight is 318 g/mol. The number of hydrogen-bond donors (Lipinski definition) is 1. The Morgan fingerprint density at radius 2 is 1.57 bits per heavy atom. The van der Waals surface area contributed by atoms with Crippen molar-refractivity contribution in [3.05, 3.63) is 0 Å². The molecule has 2 unspecified atom stereocenters. The van der Waals surface area contributed by atoms with Crippen molar-refractivity contribution in [2.24, 2.45) is 0 Å². The lowest BCUT2D eigenvalue weighted by molar-refractivity contribution is 0.144. The van der Waals surface area contributed by atoms with E-state index in [1.807, 2.05) is 0 Å². The summed E-state index contributed by atoms with van der Waals surface area (Å²) >= 11 is 0. The Morgan fingerprint density at radius 1 is 1.00 bits per heavy atom. The molecule has 0 amide bonds. The van der Waals surface area contributed by atoms with Crippen LogP contribution in [0.15, 0.2) is 0 Å². The topological polar surface area (TPSA) is 60.9 Å². The van der Waals surface area contributed by atoms with Crippen molar-refractivity contribution in [2.75, 3.05) is 19.6 Å². The van der Waals surface area contributed by atoms with E-state index in [4.69, 9.17) is 0 Å². The van der Waals surface area contributed by atoms with E-state index >= 15 is 0 Å². The van der Waals surface area contributed by atoms with Gasteiger partial charge in [0.25, 0.3) is 10.2 Å². The first kappa shape index (κ1) is 17.2. The Bertz CT molecular complexity index is 403. The lowest BCUT2D eigenvalue weighted by atomic mass is 10.1. The zero-order valence-corrected chi connectivity index (χ0v) is 14.0. The summed E-state index contributed by atoms with van der Waals surface area (Å²) in [6.45, 7) is 3.66. The van der Waals surface area contributed by atoms with E-state index in [2.05, 4.69) is 0 Å². The molecule has 0 spiro atoms. The van der Waals surface area contributed by atoms with Crippen LogP contribution in [-0.4, -0.2) is 53.9 Å². The first-order valence-electron chi connectivity index (χ1n) is 8.47. The van der Waals surface area contributed by atoms with Gasteiger partial charge in [-0.15, -0.1) is 0 Å². The standard InChI is InChI=1S/C15H30N2O3S/c1-14(18)13-15-9-5-4-8-12-17(15)21(19,20)16-10-6-2-3-7-11-16/h14-15,18H,2-13H2,1H3. The van der Waals surface area contributed by atoms with Crippen LogP contribution in [0.1, 0.15) is 64.7 Å². The second-order valence-corrected chi connectivity index (χ2v) is 8.40. The van der Waals surface area contributed by atoms with Crippen molar-refractivity contribution in [1.29, 1.82) is 0 Å². The van der Waals surface area contributed by atoms with E-state index in [1.54, 1.807) is 15.5 Å². The third kappa shape index (κ3) is 4.65. The maximum Gasteiger partial charge on any atom is 0.282 e. The van der Waals surface area contributed by atoms with Gasteiger partial charge < -0.3 is 5.11 Å². The van der Waals surface area contributed by atoms with Crippen LogP contribution in [0, 0.1) is 0 Å². The maximum atomic E-state index is 13.0. The molecule has 0 aromatic carbocycles. The third-order valence-corrected chi connectivity index (χ3v) is 6.72. The molecule has 2 fully saturated rings. The summed E-state index contributed by atoms with van der Waals surface area (Å²) in [7, 11) is -3.37. The first-order valence-corrected chi connectivity index (χ1v) is 9.86. The Morgan fingerprint density at radius 3 is 2.19 bits per heavy atom. The van der Waals surface area contributed by atoms with Crippen molar-refractivity contribution in [3.63, 3.8) is 0 Å². The van der Waals surface area contributed by atoms with Gasteiger partial charge in [-0.25, -0.2) is 0 Å². The Labute approximate surface area is 129 Å². The number of hydrogen-bond acceptors (Lipinski definition) is 3. The summed E-state index contributed by atoms with van der Waals surface area (Å²) in [5, 5.41) is 9.70. The molecule has 2 aliphatic heterocycles. The van der Waals surface area contributed by atoms with Crippen LogP contribution in [0.25, 0.3) is 0 Å². The second kappa shape index (κ2) is 7.90. The van der Waals surface area contributed by atoms with Gasteiger partial charge >= 0.3 is 0 Å². The van der Waals surface area contributed by atoms with Crippen molar-refractivity contribution in [1.82, 2.24) is 8.61 Å². The van der Waals surface area contributed by atoms with Crippen LogP contribution in [0.2, 0.25) is 0 Å². The minimum atomic E-state index is -3.37. The first-order chi connectivity index (χ1) is 10.0. The van der Waals surface area contributed by atoms with Gasteiger partial charge in [-0.2, -0.15) is 17.0 Å². The fourth-order valence-electron chi connectivity index (χ4n) is 3.50. The summed E-state index contributed by atoms with van der Waals surface area (Å²) in [5.41, 5.74) is 0. The van der Waals surface area contributed by atoms with Gasteiger partial charge in [-0.05, 0) is 39.0 Å². The highest BCUT2D eigenvalue weighted by Gasteiger charge is 2.36. The molecule has 2 aliphatic rings. The molecule has 0 radical (unpaired) electrons. The summed E-state index contributed by atoms with van der Waals surface area (Å²) in [4.78, 5) is 0. The Kier molecular flexibility index (Phi) is 6.47. The van der Waals surface area contributed by atoms with E-state index < -0.39 is 16.3 Å². The Balaban J connectivity index is 2.16. The van der Waals surface area contributed by atoms with Gasteiger partial charge in [0.15, 0.2) is 0 Å². The molecule has 21 heavy (non-hydrogen) atoms. The smallest absolute Gasteiger partial charge is 0.282 e. The van der Waals surface area contributed by atoms with Crippen molar-refractivity contribution in [2.45, 2.75) is 76.9 Å². The molecule has 2 rings (SSSR count). The van der Waals surface area contributed by atoms with E-state index in [1.165, 1.54) is 0 Å². The lowest BCUT2D eigenvalue weighted by Gasteiger charge is -2.34. The summed E-state index contributed by atoms with van der Waals surface area (Å²) in [6.07, 6.45) is 8.24. The van der Waals surface area contributed by atoms with Crippen LogP contribution >= 0.6 is 0 Å². The van der Waals surface area contributed by atoms with E-state index in [0.29, 0.717) is 26.1 Å². The van der Waals surface area contributed by atoms with Crippen LogP contribution in [-0.2, 0) is 10.2 Å². The molecular formula is C15H30N2O3S. The van der Waals surface area contributed by atoms with Crippen LogP contribution in [0.5, 0.6) is 0 Å². The molecule has 0 aromatic rings. The molecule has 0 bridgehead atoms. The molecule has 0 aliphatic carbocycles. The number of aliphatic hydroxyl groups is 1. The number of aliphatic hydroxyl groups excluding tert-OH is 1. The monoisotopic (exact) mass is 318 g/mol. The van der Waals surface area contributed by atoms with Gasteiger partial charge in [0.1, 0.15) is 0 Å². The summed E-state index contributed by atoms with van der Waals surface area (Å²) < 4.78 is 29.4. The quantitative estimate of drug-likeness (QED) is 0.864. The minimum Gasteiger partial charge on any atom is -0.393 e. The van der Waals surface area contributed by atoms with Crippen molar-refractivity contribution in [3.8, 4) is 0 Å². The zero-order valence-electron chi connectivity index (χ0n) is 13.2. The highest BCUT2D eigenvalue weighted by Crippen LogP contribution is 2.26. The summed E-state index contributed by atoms with van der Waals surface area (Å²) in [5.74, 6) is 0. The van der Waals surface area contributed by atoms with Crippen LogP contribution in [0.3, 0.4) is 0 Å². The van der Waals surface area contributed by atoms with Gasteiger partial charge in [-0.3, -0.25) is 0 Å². The molecule has 5 nitrogen and oxygen atoms in total. The lowest BCUT2D eigenvalue weighted by Crippen LogP contribution is -2.49. The Hall–Kier alpha value is -0.170. The van der Waals surface area contributed by atoms with E-state index in [9.17, 15) is 13.5 Å². The van der Waals surface area contributed by atoms with Crippen LogP contribution < -0.4 is 0 Å². The third-order valence-electron chi connectivity index (χ3n) is 4.62. The minimum absolute atomic E-state index is 0.0410. The highest BCUT2D eigenvalue weighted by molar-refractivity contribution is 7.86. The van der Waals surface area contributed by atoms with Gasteiger partial charge in [-0.1, -0.05) is 25.7 Å². The predicted octanol–water partition coefficient (Wildman–Crippen LogP) is 2.12. The average Bonchev–Trinajstić information content (AvgIpc) is 2.80. The normalized spacial score (nSPS) is 28.8. The number of rotatable bonds is 4. The molecular weight excluding hydrogens is 288 g/mol. The molecule has 0 aromatic heterocycles. The van der Waals surface area contributed by atoms with Gasteiger partial charge in [0, 0.05) is 25.7 Å². The predicted molar refractivity (Wildman–Crippen MR) is 84.2 cm³/mol. The largest absolute Gasteiger partial charge is 0.393 e. The van der Waals surface area contributed by atoms with Crippen molar-refractivity contribution >= 4 is 10.2 Å². The zero-order chi connectivity index (χ0) is 15.3. The van der Waals surface area contributed by atoms with E-state index in [-0.39, 0.29) is 6.04 Å². The fraction of sp³-hybridized carbons (Fsp3) is 1.00. The molecule has 0 saturated carbocycles. The number of nitrogens with zero attached hydrogens (tertiary/aromatic N) is 2. The maximum absolute atomic E-state index is 13.0. The summed E-state index contributed by atoms with van der Waals surface area (Å²) in [6, 6.07) is -0.0410. The fourth-order valence-corrected chi connectivity index (χ4v) is 5.45. The van der Waals surface area contributed by atoms with Gasteiger partial charge in [0.2, 0.25) is 0 Å². The molecule has 124 valence electrons. The van der Waals surface area contributed by atoms with Gasteiger partial charge in [0.05, 0.1) is 6.10 Å². The molecule has 6 heteroatoms. The highest BCUT2D eigenvalue weighted by atomic mass is 32.2. The molecule has 1 N–H and O–H groups in total. The SMILES string of the molecule is CC(O)CC1CCCCCN1S(=O)(=O)N1CCCCCC1. The molecule has 2 heterocycles. The van der Waals surface area contributed by atoms with Crippen molar-refractivity contribution < 1.29 is 13.5 Å². The van der Waals surface area contributed by atoms with Crippen LogP contribution in [0.4, 0.5) is 0 Å².